The highest BCUT2D eigenvalue weighted by Crippen LogP contribution is 2.44. The SMILES string of the molecule is c1ccc2cc(-c3ccc4ccc5c6cc(-c7ccc8c9cccc%10cccc(c%11cccc7c%118)c%109)ccc6ccc5c4c3)ccc2c1. The zero-order valence-corrected chi connectivity index (χ0v) is 26.2. The van der Waals surface area contributed by atoms with Gasteiger partial charge in [-0.3, -0.25) is 0 Å². The molecule has 0 saturated heterocycles. The Labute approximate surface area is 277 Å². The van der Waals surface area contributed by atoms with Crippen molar-refractivity contribution >= 4 is 86.2 Å². The molecule has 0 aliphatic heterocycles. The second-order valence-corrected chi connectivity index (χ2v) is 13.3. The van der Waals surface area contributed by atoms with E-state index in [1.165, 1.54) is 108 Å². The molecule has 0 aromatic heterocycles. The highest BCUT2D eigenvalue weighted by atomic mass is 14.2. The third-order valence-corrected chi connectivity index (χ3v) is 10.8. The number of fused-ring (bicyclic) bond motifs is 8. The van der Waals surface area contributed by atoms with Crippen molar-refractivity contribution in [1.29, 1.82) is 0 Å². The Kier molecular flexibility index (Phi) is 5.20. The van der Waals surface area contributed by atoms with Gasteiger partial charge in [0.1, 0.15) is 0 Å². The summed E-state index contributed by atoms with van der Waals surface area (Å²) in [4.78, 5) is 0. The van der Waals surface area contributed by atoms with Crippen LogP contribution in [0.5, 0.6) is 0 Å². The van der Waals surface area contributed by atoms with Crippen LogP contribution in [-0.2, 0) is 0 Å². The van der Waals surface area contributed by atoms with Gasteiger partial charge in [0.05, 0.1) is 0 Å². The lowest BCUT2D eigenvalue weighted by Crippen LogP contribution is -1.89. The van der Waals surface area contributed by atoms with Crippen LogP contribution >= 0.6 is 0 Å². The highest BCUT2D eigenvalue weighted by molar-refractivity contribution is 6.34. The van der Waals surface area contributed by atoms with E-state index in [-0.39, 0.29) is 0 Å². The van der Waals surface area contributed by atoms with Crippen LogP contribution in [0.1, 0.15) is 0 Å². The molecule has 11 rings (SSSR count). The Morgan fingerprint density at radius 3 is 1.42 bits per heavy atom. The molecule has 0 radical (unpaired) electrons. The fourth-order valence-corrected chi connectivity index (χ4v) is 8.48. The molecule has 0 bridgehead atoms. The van der Waals surface area contributed by atoms with E-state index in [0.717, 1.165) is 0 Å². The van der Waals surface area contributed by atoms with Gasteiger partial charge in [-0.2, -0.15) is 0 Å². The summed E-state index contributed by atoms with van der Waals surface area (Å²) >= 11 is 0. The molecule has 11 aromatic rings. The second-order valence-electron chi connectivity index (χ2n) is 13.3. The van der Waals surface area contributed by atoms with Gasteiger partial charge in [-0.15, -0.1) is 0 Å². The lowest BCUT2D eigenvalue weighted by atomic mass is 9.86. The van der Waals surface area contributed by atoms with Gasteiger partial charge in [-0.25, -0.2) is 0 Å². The largest absolute Gasteiger partial charge is 0.0616 e. The van der Waals surface area contributed by atoms with Crippen molar-refractivity contribution in [2.24, 2.45) is 0 Å². The summed E-state index contributed by atoms with van der Waals surface area (Å²) < 4.78 is 0. The first-order chi connectivity index (χ1) is 23.8. The molecule has 0 aliphatic rings. The molecule has 220 valence electrons. The molecule has 0 fully saturated rings. The van der Waals surface area contributed by atoms with Crippen molar-refractivity contribution in [3.8, 4) is 22.3 Å². The van der Waals surface area contributed by atoms with E-state index in [1.807, 2.05) is 0 Å². The van der Waals surface area contributed by atoms with Gasteiger partial charge in [-0.1, -0.05) is 152 Å². The minimum Gasteiger partial charge on any atom is -0.0616 e. The summed E-state index contributed by atoms with van der Waals surface area (Å²) in [6, 6.07) is 63.4. The zero-order valence-electron chi connectivity index (χ0n) is 26.2. The molecule has 0 nitrogen and oxygen atoms in total. The number of hydrogen-bond acceptors (Lipinski definition) is 0. The van der Waals surface area contributed by atoms with Gasteiger partial charge < -0.3 is 0 Å². The molecule has 0 saturated carbocycles. The first-order valence-electron chi connectivity index (χ1n) is 16.8. The zero-order chi connectivity index (χ0) is 31.3. The first kappa shape index (κ1) is 25.9. The van der Waals surface area contributed by atoms with Crippen LogP contribution in [0.25, 0.3) is 108 Å². The van der Waals surface area contributed by atoms with Crippen molar-refractivity contribution in [1.82, 2.24) is 0 Å². The summed E-state index contributed by atoms with van der Waals surface area (Å²) in [6.07, 6.45) is 0. The number of benzene rings is 11. The average Bonchev–Trinajstić information content (AvgIpc) is 3.15. The molecule has 0 amide bonds. The maximum Gasteiger partial charge on any atom is -0.00201 e. The molecule has 0 N–H and O–H groups in total. The van der Waals surface area contributed by atoms with Crippen LogP contribution in [0.3, 0.4) is 0 Å². The Bertz CT molecular complexity index is 3060. The van der Waals surface area contributed by atoms with Gasteiger partial charge in [-0.05, 0) is 127 Å². The van der Waals surface area contributed by atoms with E-state index < -0.39 is 0 Å². The fraction of sp³-hybridized carbons (Fsp3) is 0. The topological polar surface area (TPSA) is 0 Å². The van der Waals surface area contributed by atoms with E-state index in [1.54, 1.807) is 0 Å². The predicted octanol–water partition coefficient (Wildman–Crippen LogP) is 13.7. The molecule has 0 heterocycles. The minimum atomic E-state index is 1.25. The van der Waals surface area contributed by atoms with Crippen molar-refractivity contribution in [3.63, 3.8) is 0 Å². The first-order valence-corrected chi connectivity index (χ1v) is 16.8. The van der Waals surface area contributed by atoms with Crippen molar-refractivity contribution in [2.45, 2.75) is 0 Å². The third kappa shape index (κ3) is 3.60. The van der Waals surface area contributed by atoms with Gasteiger partial charge in [0, 0.05) is 0 Å². The number of rotatable bonds is 2. The monoisotopic (exact) mass is 604 g/mol. The summed E-state index contributed by atoms with van der Waals surface area (Å²) in [6.45, 7) is 0. The molecule has 48 heavy (non-hydrogen) atoms. The molecule has 11 aromatic carbocycles. The molecule has 0 spiro atoms. The van der Waals surface area contributed by atoms with Gasteiger partial charge in [0.25, 0.3) is 0 Å². The summed E-state index contributed by atoms with van der Waals surface area (Å²) in [5, 5.41) is 20.9. The number of hydrogen-bond donors (Lipinski definition) is 0. The Balaban J connectivity index is 1.13. The quantitative estimate of drug-likeness (QED) is 0.136. The molecule has 0 aliphatic carbocycles. The standard InChI is InChI=1S/C48H28/c1-2-7-33-26-34(17-14-29(33)6-1)35-18-15-30-20-23-39-38(45(30)27-35)22-21-31-16-19-36(28-46(31)39)37-24-25-44-42-11-4-9-32-8-3-10-41(47(32)42)43-13-5-12-40(37)48(43)44/h1-28H. The maximum absolute atomic E-state index is 2.41. The normalized spacial score (nSPS) is 12.2. The molecule has 0 unspecified atom stereocenters. The van der Waals surface area contributed by atoms with E-state index in [4.69, 9.17) is 0 Å². The third-order valence-electron chi connectivity index (χ3n) is 10.8. The smallest absolute Gasteiger partial charge is 0.00201 e. The van der Waals surface area contributed by atoms with E-state index in [2.05, 4.69) is 170 Å². The molecular formula is C48H28. The van der Waals surface area contributed by atoms with Crippen LogP contribution in [0, 0.1) is 0 Å². The average molecular weight is 605 g/mol. The van der Waals surface area contributed by atoms with Crippen molar-refractivity contribution in [3.05, 3.63) is 170 Å². The lowest BCUT2D eigenvalue weighted by molar-refractivity contribution is 1.68. The van der Waals surface area contributed by atoms with Gasteiger partial charge in [0.2, 0.25) is 0 Å². The predicted molar refractivity (Wildman–Crippen MR) is 209 cm³/mol. The molecule has 0 atom stereocenters. The van der Waals surface area contributed by atoms with Crippen LogP contribution in [-0.4, -0.2) is 0 Å². The van der Waals surface area contributed by atoms with Crippen molar-refractivity contribution < 1.29 is 0 Å². The summed E-state index contributed by atoms with van der Waals surface area (Å²) in [5.41, 5.74) is 5.02. The minimum absolute atomic E-state index is 1.25. The van der Waals surface area contributed by atoms with Crippen LogP contribution in [0.2, 0.25) is 0 Å². The Hall–Kier alpha value is -6.24. The fourth-order valence-electron chi connectivity index (χ4n) is 8.48. The second kappa shape index (κ2) is 9.64. The van der Waals surface area contributed by atoms with E-state index in [0.29, 0.717) is 0 Å². The Morgan fingerprint density at radius 2 is 0.688 bits per heavy atom. The Morgan fingerprint density at radius 1 is 0.208 bits per heavy atom. The van der Waals surface area contributed by atoms with Crippen molar-refractivity contribution in [2.75, 3.05) is 0 Å². The van der Waals surface area contributed by atoms with Gasteiger partial charge >= 0.3 is 0 Å². The maximum atomic E-state index is 2.41. The van der Waals surface area contributed by atoms with Crippen LogP contribution in [0.4, 0.5) is 0 Å². The van der Waals surface area contributed by atoms with Crippen LogP contribution in [0.15, 0.2) is 170 Å². The van der Waals surface area contributed by atoms with E-state index in [9.17, 15) is 0 Å². The van der Waals surface area contributed by atoms with Gasteiger partial charge in [0.15, 0.2) is 0 Å². The van der Waals surface area contributed by atoms with E-state index >= 15 is 0 Å². The molecule has 0 heteroatoms. The highest BCUT2D eigenvalue weighted by Gasteiger charge is 2.16. The summed E-state index contributed by atoms with van der Waals surface area (Å²) in [5.74, 6) is 0. The summed E-state index contributed by atoms with van der Waals surface area (Å²) in [7, 11) is 0. The van der Waals surface area contributed by atoms with Crippen LogP contribution < -0.4 is 0 Å². The molecular weight excluding hydrogens is 577 g/mol. The lowest BCUT2D eigenvalue weighted by Gasteiger charge is -2.17.